The Balaban J connectivity index is 1.74. The first-order chi connectivity index (χ1) is 9.78. The highest BCUT2D eigenvalue weighted by Gasteiger charge is 2.26. The Bertz CT molecular complexity index is 621. The second-order valence-electron chi connectivity index (χ2n) is 4.74. The van der Waals surface area contributed by atoms with Gasteiger partial charge >= 0.3 is 0 Å². The van der Waals surface area contributed by atoms with Crippen LogP contribution >= 0.6 is 11.3 Å². The Morgan fingerprint density at radius 3 is 3.10 bits per heavy atom. The van der Waals surface area contributed by atoms with Crippen molar-refractivity contribution < 1.29 is 4.79 Å². The summed E-state index contributed by atoms with van der Waals surface area (Å²) in [7, 11) is 0. The minimum Gasteiger partial charge on any atom is -0.370 e. The Kier molecular flexibility index (Phi) is 3.64. The van der Waals surface area contributed by atoms with Crippen LogP contribution in [0, 0.1) is 0 Å². The van der Waals surface area contributed by atoms with E-state index >= 15 is 0 Å². The molecule has 20 heavy (non-hydrogen) atoms. The zero-order chi connectivity index (χ0) is 13.9. The predicted molar refractivity (Wildman–Crippen MR) is 80.4 cm³/mol. The third-order valence-corrected chi connectivity index (χ3v) is 3.91. The van der Waals surface area contributed by atoms with Gasteiger partial charge in [0.25, 0.3) is 5.91 Å². The van der Waals surface area contributed by atoms with Crippen LogP contribution in [0.25, 0.3) is 0 Å². The number of hydrogen-bond acceptors (Lipinski definition) is 5. The van der Waals surface area contributed by atoms with Crippen LogP contribution in [0.3, 0.4) is 0 Å². The quantitative estimate of drug-likeness (QED) is 0.887. The average molecular weight is 288 g/mol. The summed E-state index contributed by atoms with van der Waals surface area (Å²) in [4.78, 5) is 20.9. The first kappa shape index (κ1) is 13.1. The third-order valence-electron chi connectivity index (χ3n) is 3.13. The molecule has 6 heteroatoms. The molecule has 1 saturated carbocycles. The van der Waals surface area contributed by atoms with Crippen LogP contribution < -0.4 is 10.6 Å². The van der Waals surface area contributed by atoms with Gasteiger partial charge in [0.2, 0.25) is 0 Å². The van der Waals surface area contributed by atoms with Gasteiger partial charge in [-0.05, 0) is 31.9 Å². The lowest BCUT2D eigenvalue weighted by atomic mass is 10.2. The van der Waals surface area contributed by atoms with E-state index in [1.54, 1.807) is 18.3 Å². The molecule has 0 radical (unpaired) electrons. The van der Waals surface area contributed by atoms with Crippen LogP contribution in [0.15, 0.2) is 23.7 Å². The van der Waals surface area contributed by atoms with Crippen LogP contribution in [-0.2, 0) is 0 Å². The Hall–Kier alpha value is -1.95. The summed E-state index contributed by atoms with van der Waals surface area (Å²) >= 11 is 1.48. The van der Waals surface area contributed by atoms with Gasteiger partial charge in [-0.25, -0.2) is 9.97 Å². The highest BCUT2D eigenvalue weighted by molar-refractivity contribution is 7.14. The van der Waals surface area contributed by atoms with Gasteiger partial charge in [0, 0.05) is 24.0 Å². The lowest BCUT2D eigenvalue weighted by Crippen LogP contribution is -2.15. The van der Waals surface area contributed by atoms with Gasteiger partial charge in [-0.2, -0.15) is 0 Å². The molecule has 0 aliphatic heterocycles. The molecule has 3 rings (SSSR count). The summed E-state index contributed by atoms with van der Waals surface area (Å²) in [6, 6.07) is 3.52. The minimum absolute atomic E-state index is 0.175. The van der Waals surface area contributed by atoms with Crippen LogP contribution in [0.5, 0.6) is 0 Å². The molecule has 1 fully saturated rings. The molecule has 0 unspecified atom stereocenters. The summed E-state index contributed by atoms with van der Waals surface area (Å²) in [5.41, 5.74) is 1.64. The van der Waals surface area contributed by atoms with Crippen LogP contribution in [0.2, 0.25) is 0 Å². The van der Waals surface area contributed by atoms with Crippen molar-refractivity contribution in [2.24, 2.45) is 0 Å². The van der Waals surface area contributed by atoms with E-state index in [1.807, 2.05) is 12.3 Å². The van der Waals surface area contributed by atoms with E-state index in [9.17, 15) is 4.79 Å². The van der Waals surface area contributed by atoms with Gasteiger partial charge < -0.3 is 5.32 Å². The molecule has 0 bridgehead atoms. The van der Waals surface area contributed by atoms with Gasteiger partial charge in [-0.1, -0.05) is 0 Å². The zero-order valence-electron chi connectivity index (χ0n) is 11.2. The number of carbonyl (C=O) groups excluding carboxylic acids is 1. The number of hydrogen-bond donors (Lipinski definition) is 2. The highest BCUT2D eigenvalue weighted by Crippen LogP contribution is 2.40. The van der Waals surface area contributed by atoms with Crippen molar-refractivity contribution in [3.8, 4) is 0 Å². The van der Waals surface area contributed by atoms with Crippen molar-refractivity contribution >= 4 is 28.2 Å². The van der Waals surface area contributed by atoms with Crippen molar-refractivity contribution in [1.29, 1.82) is 0 Å². The average Bonchev–Trinajstić information content (AvgIpc) is 3.20. The SMILES string of the molecule is CCNc1ncccc1C(=O)Nc1nc(C2CC2)cs1. The topological polar surface area (TPSA) is 66.9 Å². The summed E-state index contributed by atoms with van der Waals surface area (Å²) in [6.45, 7) is 2.69. The van der Waals surface area contributed by atoms with Gasteiger partial charge in [0.05, 0.1) is 11.3 Å². The van der Waals surface area contributed by atoms with Crippen LogP contribution in [0.4, 0.5) is 10.9 Å². The minimum atomic E-state index is -0.175. The number of thiazole rings is 1. The molecule has 1 aliphatic rings. The van der Waals surface area contributed by atoms with Crippen LogP contribution in [0.1, 0.15) is 41.7 Å². The van der Waals surface area contributed by atoms with Gasteiger partial charge in [-0.15, -0.1) is 11.3 Å². The fourth-order valence-electron chi connectivity index (χ4n) is 1.97. The fraction of sp³-hybridized carbons (Fsp3) is 0.357. The van der Waals surface area contributed by atoms with Crippen molar-refractivity contribution in [1.82, 2.24) is 9.97 Å². The molecule has 0 atom stereocenters. The number of anilines is 2. The lowest BCUT2D eigenvalue weighted by Gasteiger charge is -2.08. The monoisotopic (exact) mass is 288 g/mol. The van der Waals surface area contributed by atoms with Gasteiger partial charge in [-0.3, -0.25) is 10.1 Å². The Morgan fingerprint density at radius 2 is 2.35 bits per heavy atom. The molecule has 0 spiro atoms. The maximum absolute atomic E-state index is 12.3. The van der Waals surface area contributed by atoms with Crippen LogP contribution in [-0.4, -0.2) is 22.4 Å². The molecular formula is C14H16N4OS. The standard InChI is InChI=1S/C14H16N4OS/c1-2-15-12-10(4-3-7-16-12)13(19)18-14-17-11(8-20-14)9-5-6-9/h3-4,7-9H,2,5-6H2,1H3,(H,15,16)(H,17,18,19). The van der Waals surface area contributed by atoms with Crippen molar-refractivity contribution in [3.05, 3.63) is 35.0 Å². The fourth-order valence-corrected chi connectivity index (χ4v) is 2.76. The van der Waals surface area contributed by atoms with E-state index < -0.39 is 0 Å². The van der Waals surface area contributed by atoms with E-state index in [0.717, 1.165) is 12.2 Å². The van der Waals surface area contributed by atoms with E-state index in [-0.39, 0.29) is 5.91 Å². The highest BCUT2D eigenvalue weighted by atomic mass is 32.1. The predicted octanol–water partition coefficient (Wildman–Crippen LogP) is 3.10. The summed E-state index contributed by atoms with van der Waals surface area (Å²) in [6.07, 6.45) is 4.10. The maximum Gasteiger partial charge on any atom is 0.261 e. The molecule has 0 aromatic carbocycles. The number of carbonyl (C=O) groups is 1. The van der Waals surface area contributed by atoms with E-state index in [1.165, 1.54) is 24.2 Å². The maximum atomic E-state index is 12.3. The summed E-state index contributed by atoms with van der Waals surface area (Å²) < 4.78 is 0. The Morgan fingerprint density at radius 1 is 1.50 bits per heavy atom. The molecule has 2 N–H and O–H groups in total. The first-order valence-corrected chi connectivity index (χ1v) is 7.61. The van der Waals surface area contributed by atoms with Crippen molar-refractivity contribution in [3.63, 3.8) is 0 Å². The molecule has 104 valence electrons. The zero-order valence-corrected chi connectivity index (χ0v) is 12.0. The molecular weight excluding hydrogens is 272 g/mol. The molecule has 1 aliphatic carbocycles. The largest absolute Gasteiger partial charge is 0.370 e. The summed E-state index contributed by atoms with van der Waals surface area (Å²) in [5.74, 6) is 1.03. The number of nitrogens with one attached hydrogen (secondary N) is 2. The normalized spacial score (nSPS) is 14.1. The number of nitrogens with zero attached hydrogens (tertiary/aromatic N) is 2. The number of rotatable bonds is 5. The molecule has 2 aromatic rings. The van der Waals surface area contributed by atoms with Gasteiger partial charge in [0.1, 0.15) is 5.82 Å². The van der Waals surface area contributed by atoms with E-state index in [2.05, 4.69) is 20.6 Å². The molecule has 2 heterocycles. The van der Waals surface area contributed by atoms with Crippen molar-refractivity contribution in [2.75, 3.05) is 17.2 Å². The molecule has 2 aromatic heterocycles. The number of pyridine rings is 1. The van der Waals surface area contributed by atoms with E-state index in [4.69, 9.17) is 0 Å². The smallest absolute Gasteiger partial charge is 0.261 e. The first-order valence-electron chi connectivity index (χ1n) is 6.73. The van der Waals surface area contributed by atoms with Crippen molar-refractivity contribution in [2.45, 2.75) is 25.7 Å². The summed E-state index contributed by atoms with van der Waals surface area (Å²) in [5, 5.41) is 8.62. The number of aromatic nitrogens is 2. The molecule has 5 nitrogen and oxygen atoms in total. The second kappa shape index (κ2) is 5.58. The third kappa shape index (κ3) is 2.80. The lowest BCUT2D eigenvalue weighted by molar-refractivity contribution is 0.102. The molecule has 0 saturated heterocycles. The van der Waals surface area contributed by atoms with E-state index in [0.29, 0.717) is 22.4 Å². The Labute approximate surface area is 121 Å². The van der Waals surface area contributed by atoms with Gasteiger partial charge in [0.15, 0.2) is 5.13 Å². The molecule has 1 amide bonds. The second-order valence-corrected chi connectivity index (χ2v) is 5.59. The number of amides is 1.